The first-order chi connectivity index (χ1) is 15.0. The number of hydrogen-bond donors (Lipinski definition) is 0. The van der Waals surface area contributed by atoms with Gasteiger partial charge in [-0.05, 0) is 52.1 Å². The van der Waals surface area contributed by atoms with Crippen molar-refractivity contribution in [2.45, 2.75) is 41.5 Å². The molecular formula is C27H28N2O2S. The van der Waals surface area contributed by atoms with Crippen LogP contribution in [0.3, 0.4) is 0 Å². The fraction of sp³-hybridized carbons (Fsp3) is 0.296. The fourth-order valence-electron chi connectivity index (χ4n) is 3.88. The SMILES string of the molecule is CC(C)(C)C1=CC(=C2C(=O)N(c3ccccc3)N=C2c2cccs2)C=C(C(C)(C)C)C1=O. The molecule has 1 aliphatic carbocycles. The van der Waals surface area contributed by atoms with Crippen LogP contribution in [0.25, 0.3) is 0 Å². The summed E-state index contributed by atoms with van der Waals surface area (Å²) >= 11 is 1.55. The number of para-hydroxylation sites is 1. The number of nitrogens with zero attached hydrogens (tertiary/aromatic N) is 2. The topological polar surface area (TPSA) is 49.7 Å². The molecule has 2 aliphatic rings. The Labute approximate surface area is 193 Å². The van der Waals surface area contributed by atoms with E-state index in [1.54, 1.807) is 11.3 Å². The van der Waals surface area contributed by atoms with Crippen LogP contribution in [0.1, 0.15) is 46.4 Å². The van der Waals surface area contributed by atoms with Gasteiger partial charge < -0.3 is 0 Å². The van der Waals surface area contributed by atoms with Crippen molar-refractivity contribution in [1.82, 2.24) is 0 Å². The standard InChI is InChI=1S/C27H28N2O2S/c1-26(2,3)19-15-17(16-20(24(19)30)27(4,5)6)22-23(21-13-10-14-32-21)28-29(25(22)31)18-11-8-7-9-12-18/h7-16H,1-6H3. The first-order valence-electron chi connectivity index (χ1n) is 10.7. The summed E-state index contributed by atoms with van der Waals surface area (Å²) < 4.78 is 0. The lowest BCUT2D eigenvalue weighted by molar-refractivity contribution is -0.115. The van der Waals surface area contributed by atoms with Gasteiger partial charge in [0.15, 0.2) is 5.78 Å². The van der Waals surface area contributed by atoms with Gasteiger partial charge in [0, 0.05) is 11.1 Å². The number of amides is 1. The number of anilines is 1. The second kappa shape index (κ2) is 7.82. The van der Waals surface area contributed by atoms with Crippen molar-refractivity contribution in [1.29, 1.82) is 0 Å². The van der Waals surface area contributed by atoms with Gasteiger partial charge in [-0.15, -0.1) is 11.3 Å². The minimum atomic E-state index is -0.353. The van der Waals surface area contributed by atoms with Crippen LogP contribution in [0, 0.1) is 10.8 Å². The van der Waals surface area contributed by atoms with E-state index in [0.717, 1.165) is 10.5 Å². The molecule has 0 saturated carbocycles. The summed E-state index contributed by atoms with van der Waals surface area (Å²) in [6.45, 7) is 12.2. The van der Waals surface area contributed by atoms with Crippen LogP contribution in [0.15, 0.2) is 87.4 Å². The molecule has 0 bridgehead atoms. The fourth-order valence-corrected chi connectivity index (χ4v) is 4.60. The number of Topliss-reactive ketones (excluding diaryl/α,β-unsaturated/α-hetero) is 1. The Bertz CT molecular complexity index is 1160. The average molecular weight is 445 g/mol. The van der Waals surface area contributed by atoms with Crippen LogP contribution < -0.4 is 5.01 Å². The maximum atomic E-state index is 13.7. The van der Waals surface area contributed by atoms with E-state index < -0.39 is 0 Å². The number of carbonyl (C=O) groups excluding carboxylic acids is 2. The van der Waals surface area contributed by atoms with Crippen molar-refractivity contribution in [2.24, 2.45) is 15.9 Å². The third kappa shape index (κ3) is 3.93. The van der Waals surface area contributed by atoms with E-state index in [1.165, 1.54) is 5.01 Å². The maximum Gasteiger partial charge on any atom is 0.281 e. The number of carbonyl (C=O) groups is 2. The highest BCUT2D eigenvalue weighted by Crippen LogP contribution is 2.41. The summed E-state index contributed by atoms with van der Waals surface area (Å²) in [5.41, 5.74) is 3.36. The van der Waals surface area contributed by atoms with Crippen LogP contribution >= 0.6 is 11.3 Å². The van der Waals surface area contributed by atoms with Gasteiger partial charge in [0.1, 0.15) is 5.71 Å². The number of benzene rings is 1. The number of thiophene rings is 1. The van der Waals surface area contributed by atoms with E-state index in [0.29, 0.717) is 28.1 Å². The van der Waals surface area contributed by atoms with Crippen molar-refractivity contribution in [3.63, 3.8) is 0 Å². The zero-order valence-electron chi connectivity index (χ0n) is 19.4. The Morgan fingerprint density at radius 1 is 0.812 bits per heavy atom. The number of hydrazone groups is 1. The Balaban J connectivity index is 1.98. The van der Waals surface area contributed by atoms with Gasteiger partial charge in [-0.25, -0.2) is 0 Å². The van der Waals surface area contributed by atoms with Gasteiger partial charge in [0.2, 0.25) is 0 Å². The van der Waals surface area contributed by atoms with Gasteiger partial charge in [-0.2, -0.15) is 10.1 Å². The van der Waals surface area contributed by atoms with Gasteiger partial charge in [0.25, 0.3) is 5.91 Å². The summed E-state index contributed by atoms with van der Waals surface area (Å²) in [4.78, 5) is 28.0. The van der Waals surface area contributed by atoms with E-state index in [9.17, 15) is 9.59 Å². The summed E-state index contributed by atoms with van der Waals surface area (Å²) in [7, 11) is 0. The molecule has 1 amide bonds. The Kier molecular flexibility index (Phi) is 5.41. The first-order valence-corrected chi connectivity index (χ1v) is 11.6. The molecule has 5 heteroatoms. The molecule has 32 heavy (non-hydrogen) atoms. The van der Waals surface area contributed by atoms with Crippen LogP contribution in [0.2, 0.25) is 0 Å². The van der Waals surface area contributed by atoms with E-state index in [4.69, 9.17) is 5.10 Å². The minimum Gasteiger partial charge on any atom is -0.289 e. The molecule has 0 saturated heterocycles. The highest BCUT2D eigenvalue weighted by atomic mass is 32.1. The molecule has 2 heterocycles. The molecule has 0 N–H and O–H groups in total. The predicted octanol–water partition coefficient (Wildman–Crippen LogP) is 6.32. The number of allylic oxidation sites excluding steroid dienone is 5. The molecule has 4 nitrogen and oxygen atoms in total. The number of hydrogen-bond acceptors (Lipinski definition) is 4. The molecule has 1 aliphatic heterocycles. The Morgan fingerprint density at radius 3 is 1.91 bits per heavy atom. The zero-order chi connectivity index (χ0) is 23.3. The monoisotopic (exact) mass is 444 g/mol. The van der Waals surface area contributed by atoms with Crippen molar-refractivity contribution >= 4 is 34.4 Å². The second-order valence-electron chi connectivity index (χ2n) is 10.2. The largest absolute Gasteiger partial charge is 0.289 e. The molecule has 1 aromatic heterocycles. The lowest BCUT2D eigenvalue weighted by atomic mass is 9.71. The average Bonchev–Trinajstić information content (AvgIpc) is 3.35. The van der Waals surface area contributed by atoms with Crippen molar-refractivity contribution < 1.29 is 9.59 Å². The maximum absolute atomic E-state index is 13.7. The van der Waals surface area contributed by atoms with E-state index in [1.807, 2.05) is 102 Å². The third-order valence-corrected chi connectivity index (χ3v) is 6.47. The van der Waals surface area contributed by atoms with E-state index in [2.05, 4.69) is 0 Å². The highest BCUT2D eigenvalue weighted by Gasteiger charge is 2.39. The normalized spacial score (nSPS) is 17.6. The third-order valence-electron chi connectivity index (χ3n) is 5.59. The molecule has 4 rings (SSSR count). The summed E-state index contributed by atoms with van der Waals surface area (Å²) in [6.07, 6.45) is 3.78. The Morgan fingerprint density at radius 2 is 1.41 bits per heavy atom. The molecule has 164 valence electrons. The van der Waals surface area contributed by atoms with Crippen LogP contribution in [-0.4, -0.2) is 17.4 Å². The van der Waals surface area contributed by atoms with Gasteiger partial charge in [0.05, 0.1) is 16.1 Å². The van der Waals surface area contributed by atoms with Crippen LogP contribution in [-0.2, 0) is 9.59 Å². The lowest BCUT2D eigenvalue weighted by Crippen LogP contribution is -2.29. The summed E-state index contributed by atoms with van der Waals surface area (Å²) in [5.74, 6) is -0.132. The molecule has 0 spiro atoms. The summed E-state index contributed by atoms with van der Waals surface area (Å²) in [5, 5.41) is 8.18. The van der Waals surface area contributed by atoms with Crippen molar-refractivity contribution in [3.8, 4) is 0 Å². The van der Waals surface area contributed by atoms with Crippen LogP contribution in [0.4, 0.5) is 5.69 Å². The van der Waals surface area contributed by atoms with Crippen molar-refractivity contribution in [3.05, 3.63) is 87.2 Å². The van der Waals surface area contributed by atoms with E-state index in [-0.39, 0.29) is 22.5 Å². The molecular weight excluding hydrogens is 416 g/mol. The molecule has 0 unspecified atom stereocenters. The highest BCUT2D eigenvalue weighted by molar-refractivity contribution is 7.12. The first kappa shape index (κ1) is 22.2. The number of rotatable bonds is 2. The van der Waals surface area contributed by atoms with Gasteiger partial charge in [-0.1, -0.05) is 65.8 Å². The van der Waals surface area contributed by atoms with Crippen LogP contribution in [0.5, 0.6) is 0 Å². The molecule has 1 aromatic carbocycles. The predicted molar refractivity (Wildman–Crippen MR) is 132 cm³/mol. The van der Waals surface area contributed by atoms with Gasteiger partial charge >= 0.3 is 0 Å². The smallest absolute Gasteiger partial charge is 0.281 e. The number of ketones is 1. The van der Waals surface area contributed by atoms with Gasteiger partial charge in [-0.3, -0.25) is 9.59 Å². The second-order valence-corrected chi connectivity index (χ2v) is 11.1. The van der Waals surface area contributed by atoms with Crippen molar-refractivity contribution in [2.75, 3.05) is 5.01 Å². The lowest BCUT2D eigenvalue weighted by Gasteiger charge is -2.31. The molecule has 0 fully saturated rings. The molecule has 0 atom stereocenters. The Hall–Kier alpha value is -3.05. The quantitative estimate of drug-likeness (QED) is 0.509. The van der Waals surface area contributed by atoms with E-state index >= 15 is 0 Å². The minimum absolute atomic E-state index is 0.0503. The summed E-state index contributed by atoms with van der Waals surface area (Å²) in [6, 6.07) is 13.4. The molecule has 0 radical (unpaired) electrons. The zero-order valence-corrected chi connectivity index (χ0v) is 20.2. The molecule has 2 aromatic rings.